The smallest absolute Gasteiger partial charge is 0.220 e. The lowest BCUT2D eigenvalue weighted by Crippen LogP contribution is -2.25. The molecule has 1 heterocycles. The molecule has 6 heteroatoms. The molecular formula is C21H22BrN3O2. The molecule has 0 aliphatic heterocycles. The zero-order chi connectivity index (χ0) is 18.9. The van der Waals surface area contributed by atoms with Crippen LogP contribution in [0.25, 0.3) is 5.69 Å². The third-order valence-corrected chi connectivity index (χ3v) is 4.50. The van der Waals surface area contributed by atoms with E-state index in [1.807, 2.05) is 71.7 Å². The summed E-state index contributed by atoms with van der Waals surface area (Å²) < 4.78 is 8.46. The number of amides is 1. The van der Waals surface area contributed by atoms with Crippen LogP contribution in [0.1, 0.15) is 18.4 Å². The van der Waals surface area contributed by atoms with E-state index in [0.717, 1.165) is 27.9 Å². The third-order valence-electron chi connectivity index (χ3n) is 4.01. The number of carbonyl (C=O) groups is 1. The lowest BCUT2D eigenvalue weighted by molar-refractivity contribution is -0.121. The average Bonchev–Trinajstić information content (AvgIpc) is 3.15. The summed E-state index contributed by atoms with van der Waals surface area (Å²) in [6, 6.07) is 17.7. The normalized spacial score (nSPS) is 10.6. The van der Waals surface area contributed by atoms with E-state index >= 15 is 0 Å². The van der Waals surface area contributed by atoms with E-state index in [2.05, 4.69) is 26.3 Å². The van der Waals surface area contributed by atoms with Gasteiger partial charge in [0.25, 0.3) is 0 Å². The van der Waals surface area contributed by atoms with Gasteiger partial charge in [-0.1, -0.05) is 40.2 Å². The molecule has 140 valence electrons. The molecule has 3 aromatic rings. The second-order valence-corrected chi connectivity index (χ2v) is 7.05. The largest absolute Gasteiger partial charge is 0.494 e. The number of carbonyl (C=O) groups excluding carboxylic acids is 1. The Hall–Kier alpha value is -2.60. The molecule has 0 aliphatic rings. The first-order valence-electron chi connectivity index (χ1n) is 8.95. The number of benzene rings is 2. The van der Waals surface area contributed by atoms with Crippen molar-refractivity contribution < 1.29 is 9.53 Å². The van der Waals surface area contributed by atoms with Gasteiger partial charge in [0.15, 0.2) is 0 Å². The number of rotatable bonds is 9. The van der Waals surface area contributed by atoms with Gasteiger partial charge in [0.2, 0.25) is 5.91 Å². The molecule has 0 saturated heterocycles. The van der Waals surface area contributed by atoms with Gasteiger partial charge >= 0.3 is 0 Å². The molecule has 0 bridgehead atoms. The van der Waals surface area contributed by atoms with Crippen molar-refractivity contribution in [2.75, 3.05) is 13.2 Å². The van der Waals surface area contributed by atoms with Crippen LogP contribution in [-0.4, -0.2) is 28.8 Å². The Bertz CT molecular complexity index is 865. The van der Waals surface area contributed by atoms with Gasteiger partial charge in [-0.15, -0.1) is 0 Å². The lowest BCUT2D eigenvalue weighted by Gasteiger charge is -2.07. The maximum atomic E-state index is 11.9. The predicted octanol–water partition coefficient (Wildman–Crippen LogP) is 4.15. The average molecular weight is 428 g/mol. The Morgan fingerprint density at radius 2 is 2.00 bits per heavy atom. The van der Waals surface area contributed by atoms with Crippen molar-refractivity contribution in [1.29, 1.82) is 0 Å². The van der Waals surface area contributed by atoms with Crippen molar-refractivity contribution in [3.63, 3.8) is 0 Å². The highest BCUT2D eigenvalue weighted by molar-refractivity contribution is 9.10. The number of hydrogen-bond donors (Lipinski definition) is 1. The summed E-state index contributed by atoms with van der Waals surface area (Å²) in [7, 11) is 0. The highest BCUT2D eigenvalue weighted by atomic mass is 79.9. The summed E-state index contributed by atoms with van der Waals surface area (Å²) in [5.74, 6) is 0.850. The minimum Gasteiger partial charge on any atom is -0.494 e. The number of nitrogens with one attached hydrogen (secondary N) is 1. The lowest BCUT2D eigenvalue weighted by atomic mass is 10.2. The van der Waals surface area contributed by atoms with Crippen molar-refractivity contribution in [1.82, 2.24) is 15.1 Å². The zero-order valence-electron chi connectivity index (χ0n) is 15.0. The number of ether oxygens (including phenoxy) is 1. The Morgan fingerprint density at radius 3 is 2.81 bits per heavy atom. The molecule has 3 rings (SSSR count). The van der Waals surface area contributed by atoms with Crippen LogP contribution in [0.3, 0.4) is 0 Å². The minimum absolute atomic E-state index is 0.0447. The van der Waals surface area contributed by atoms with E-state index in [4.69, 9.17) is 4.74 Å². The Labute approximate surface area is 167 Å². The topological polar surface area (TPSA) is 56.1 Å². The first-order chi connectivity index (χ1) is 13.2. The number of halogens is 1. The monoisotopic (exact) mass is 427 g/mol. The maximum Gasteiger partial charge on any atom is 0.220 e. The number of nitrogens with zero attached hydrogens (tertiary/aromatic N) is 2. The summed E-state index contributed by atoms with van der Waals surface area (Å²) in [5, 5.41) is 7.31. The van der Waals surface area contributed by atoms with Gasteiger partial charge in [-0.05, 0) is 48.7 Å². The fourth-order valence-electron chi connectivity index (χ4n) is 2.63. The standard InChI is InChI=1S/C21H22BrN3O2/c22-18-6-4-9-20(14-18)27-13-5-10-21(26)23-12-11-17-15-24-25(16-17)19-7-2-1-3-8-19/h1-4,6-9,14-16H,5,10-13H2,(H,23,26). The Morgan fingerprint density at radius 1 is 1.15 bits per heavy atom. The van der Waals surface area contributed by atoms with Gasteiger partial charge in [0, 0.05) is 23.6 Å². The first kappa shape index (κ1) is 19.2. The first-order valence-corrected chi connectivity index (χ1v) is 9.74. The number of para-hydroxylation sites is 1. The van der Waals surface area contributed by atoms with Crippen LogP contribution in [0.15, 0.2) is 71.5 Å². The molecule has 1 N–H and O–H groups in total. The molecule has 0 fully saturated rings. The van der Waals surface area contributed by atoms with Gasteiger partial charge in [-0.3, -0.25) is 4.79 Å². The molecule has 0 saturated carbocycles. The van der Waals surface area contributed by atoms with E-state index in [0.29, 0.717) is 26.0 Å². The molecule has 1 amide bonds. The zero-order valence-corrected chi connectivity index (χ0v) is 16.6. The van der Waals surface area contributed by atoms with E-state index in [9.17, 15) is 4.79 Å². The number of aromatic nitrogens is 2. The van der Waals surface area contributed by atoms with E-state index in [-0.39, 0.29) is 5.91 Å². The fraction of sp³-hybridized carbons (Fsp3) is 0.238. The second kappa shape index (κ2) is 9.92. The molecule has 0 atom stereocenters. The summed E-state index contributed by atoms with van der Waals surface area (Å²) in [5.41, 5.74) is 2.12. The molecule has 0 aliphatic carbocycles. The van der Waals surface area contributed by atoms with Crippen LogP contribution >= 0.6 is 15.9 Å². The summed E-state index contributed by atoms with van der Waals surface area (Å²) in [6.07, 6.45) is 5.73. The Kier molecular flexibility index (Phi) is 7.04. The summed E-state index contributed by atoms with van der Waals surface area (Å²) in [4.78, 5) is 11.9. The van der Waals surface area contributed by atoms with E-state index in [1.54, 1.807) is 0 Å². The van der Waals surface area contributed by atoms with Crippen molar-refractivity contribution in [3.05, 3.63) is 77.0 Å². The molecule has 1 aromatic heterocycles. The van der Waals surface area contributed by atoms with Crippen LogP contribution in [-0.2, 0) is 11.2 Å². The Balaban J connectivity index is 1.32. The van der Waals surface area contributed by atoms with Crippen LogP contribution in [0.4, 0.5) is 0 Å². The van der Waals surface area contributed by atoms with Crippen molar-refractivity contribution >= 4 is 21.8 Å². The maximum absolute atomic E-state index is 11.9. The highest BCUT2D eigenvalue weighted by Crippen LogP contribution is 2.17. The van der Waals surface area contributed by atoms with Crippen molar-refractivity contribution in [3.8, 4) is 11.4 Å². The molecule has 0 spiro atoms. The van der Waals surface area contributed by atoms with E-state index < -0.39 is 0 Å². The minimum atomic E-state index is 0.0447. The molecule has 0 radical (unpaired) electrons. The quantitative estimate of drug-likeness (QED) is 0.521. The number of hydrogen-bond acceptors (Lipinski definition) is 3. The van der Waals surface area contributed by atoms with Crippen LogP contribution in [0.5, 0.6) is 5.75 Å². The second-order valence-electron chi connectivity index (χ2n) is 6.14. The van der Waals surface area contributed by atoms with Crippen LogP contribution in [0, 0.1) is 0 Å². The third kappa shape index (κ3) is 6.25. The molecule has 0 unspecified atom stereocenters. The predicted molar refractivity (Wildman–Crippen MR) is 109 cm³/mol. The fourth-order valence-corrected chi connectivity index (χ4v) is 3.00. The van der Waals surface area contributed by atoms with Gasteiger partial charge < -0.3 is 10.1 Å². The molecule has 27 heavy (non-hydrogen) atoms. The molecular weight excluding hydrogens is 406 g/mol. The van der Waals surface area contributed by atoms with Crippen LogP contribution < -0.4 is 10.1 Å². The van der Waals surface area contributed by atoms with Crippen LogP contribution in [0.2, 0.25) is 0 Å². The van der Waals surface area contributed by atoms with Gasteiger partial charge in [-0.25, -0.2) is 4.68 Å². The summed E-state index contributed by atoms with van der Waals surface area (Å²) in [6.45, 7) is 1.12. The molecule has 5 nitrogen and oxygen atoms in total. The highest BCUT2D eigenvalue weighted by Gasteiger charge is 2.04. The van der Waals surface area contributed by atoms with Gasteiger partial charge in [0.1, 0.15) is 5.75 Å². The van der Waals surface area contributed by atoms with Crippen molar-refractivity contribution in [2.24, 2.45) is 0 Å². The van der Waals surface area contributed by atoms with Gasteiger partial charge in [-0.2, -0.15) is 5.10 Å². The van der Waals surface area contributed by atoms with E-state index in [1.165, 1.54) is 0 Å². The SMILES string of the molecule is O=C(CCCOc1cccc(Br)c1)NCCc1cnn(-c2ccccc2)c1. The van der Waals surface area contributed by atoms with Crippen molar-refractivity contribution in [2.45, 2.75) is 19.3 Å². The summed E-state index contributed by atoms with van der Waals surface area (Å²) >= 11 is 3.41. The van der Waals surface area contributed by atoms with Gasteiger partial charge in [0.05, 0.1) is 18.5 Å². The molecule has 2 aromatic carbocycles.